The standard InChI is InChI=1S/C6H11NO/c1-5-3-4-6(7-5)8-2/h5H,3-4H2,1-2H3/t5-/m1/s1. The van der Waals surface area contributed by atoms with E-state index in [0.29, 0.717) is 6.04 Å². The molecule has 0 bridgehead atoms. The van der Waals surface area contributed by atoms with Gasteiger partial charge in [0, 0.05) is 6.42 Å². The molecule has 0 aromatic rings. The Morgan fingerprint density at radius 3 is 2.75 bits per heavy atom. The molecule has 0 N–H and O–H groups in total. The monoisotopic (exact) mass is 113 g/mol. The largest absolute Gasteiger partial charge is 0.484 e. The summed E-state index contributed by atoms with van der Waals surface area (Å²) in [6.07, 6.45) is 2.18. The van der Waals surface area contributed by atoms with Gasteiger partial charge in [-0.15, -0.1) is 0 Å². The van der Waals surface area contributed by atoms with Gasteiger partial charge in [-0.3, -0.25) is 4.99 Å². The number of nitrogens with zero attached hydrogens (tertiary/aromatic N) is 1. The number of hydrogen-bond acceptors (Lipinski definition) is 2. The van der Waals surface area contributed by atoms with E-state index in [0.717, 1.165) is 18.7 Å². The van der Waals surface area contributed by atoms with Crippen LogP contribution in [0.4, 0.5) is 0 Å². The van der Waals surface area contributed by atoms with E-state index in [9.17, 15) is 0 Å². The lowest BCUT2D eigenvalue weighted by atomic mass is 10.2. The topological polar surface area (TPSA) is 21.6 Å². The molecule has 1 heterocycles. The molecule has 2 heteroatoms. The van der Waals surface area contributed by atoms with E-state index in [4.69, 9.17) is 4.74 Å². The summed E-state index contributed by atoms with van der Waals surface area (Å²) in [5, 5.41) is 0. The molecule has 1 atom stereocenters. The lowest BCUT2D eigenvalue weighted by Crippen LogP contribution is -1.93. The van der Waals surface area contributed by atoms with Crippen molar-refractivity contribution in [1.82, 2.24) is 0 Å². The molecule has 0 saturated carbocycles. The van der Waals surface area contributed by atoms with E-state index in [2.05, 4.69) is 11.9 Å². The van der Waals surface area contributed by atoms with E-state index < -0.39 is 0 Å². The molecule has 1 aliphatic heterocycles. The van der Waals surface area contributed by atoms with Crippen molar-refractivity contribution in [3.05, 3.63) is 0 Å². The fourth-order valence-electron chi connectivity index (χ4n) is 0.862. The summed E-state index contributed by atoms with van der Waals surface area (Å²) < 4.78 is 4.93. The predicted molar refractivity (Wildman–Crippen MR) is 33.1 cm³/mol. The van der Waals surface area contributed by atoms with Crippen molar-refractivity contribution in [2.45, 2.75) is 25.8 Å². The van der Waals surface area contributed by atoms with Gasteiger partial charge in [-0.1, -0.05) is 0 Å². The average Bonchev–Trinajstić information content (AvgIpc) is 2.14. The van der Waals surface area contributed by atoms with Crippen LogP contribution in [0.2, 0.25) is 0 Å². The summed E-state index contributed by atoms with van der Waals surface area (Å²) in [7, 11) is 1.68. The predicted octanol–water partition coefficient (Wildman–Crippen LogP) is 1.21. The second-order valence-corrected chi connectivity index (χ2v) is 2.11. The zero-order chi connectivity index (χ0) is 5.98. The highest BCUT2D eigenvalue weighted by Crippen LogP contribution is 2.11. The third-order valence-electron chi connectivity index (χ3n) is 1.38. The molecule has 0 amide bonds. The molecule has 8 heavy (non-hydrogen) atoms. The Balaban J connectivity index is 2.44. The number of ether oxygens (including phenoxy) is 1. The van der Waals surface area contributed by atoms with E-state index >= 15 is 0 Å². The van der Waals surface area contributed by atoms with Gasteiger partial charge in [0.25, 0.3) is 0 Å². The van der Waals surface area contributed by atoms with Gasteiger partial charge >= 0.3 is 0 Å². The zero-order valence-corrected chi connectivity index (χ0v) is 5.35. The highest BCUT2D eigenvalue weighted by Gasteiger charge is 2.11. The van der Waals surface area contributed by atoms with Crippen LogP contribution in [0, 0.1) is 0 Å². The van der Waals surface area contributed by atoms with Gasteiger partial charge in [-0.2, -0.15) is 0 Å². The molecule has 0 aliphatic carbocycles. The zero-order valence-electron chi connectivity index (χ0n) is 5.35. The van der Waals surface area contributed by atoms with Crippen LogP contribution in [0.15, 0.2) is 4.99 Å². The Morgan fingerprint density at radius 1 is 1.75 bits per heavy atom. The minimum absolute atomic E-state index is 0.491. The smallest absolute Gasteiger partial charge is 0.183 e. The fourth-order valence-corrected chi connectivity index (χ4v) is 0.862. The first-order chi connectivity index (χ1) is 3.83. The van der Waals surface area contributed by atoms with Crippen LogP contribution in [0.1, 0.15) is 19.8 Å². The maximum atomic E-state index is 4.93. The summed E-state index contributed by atoms with van der Waals surface area (Å²) in [4.78, 5) is 4.20. The highest BCUT2D eigenvalue weighted by molar-refractivity contribution is 5.77. The van der Waals surface area contributed by atoms with Gasteiger partial charge in [0.05, 0.1) is 13.2 Å². The maximum Gasteiger partial charge on any atom is 0.183 e. The van der Waals surface area contributed by atoms with Crippen molar-refractivity contribution in [2.24, 2.45) is 4.99 Å². The SMILES string of the molecule is COC1=N[C@H](C)CC1. The molecule has 0 fully saturated rings. The Bertz CT molecular complexity index is 109. The Labute approximate surface area is 49.6 Å². The number of methoxy groups -OCH3 is 1. The molecule has 0 spiro atoms. The lowest BCUT2D eigenvalue weighted by molar-refractivity contribution is 0.395. The molecule has 0 aromatic heterocycles. The van der Waals surface area contributed by atoms with Gasteiger partial charge < -0.3 is 4.74 Å². The lowest BCUT2D eigenvalue weighted by Gasteiger charge is -1.92. The molecule has 1 aliphatic rings. The maximum absolute atomic E-state index is 4.93. The minimum Gasteiger partial charge on any atom is -0.484 e. The van der Waals surface area contributed by atoms with Crippen LogP contribution >= 0.6 is 0 Å². The molecule has 0 unspecified atom stereocenters. The Morgan fingerprint density at radius 2 is 2.50 bits per heavy atom. The number of rotatable bonds is 0. The fraction of sp³-hybridized carbons (Fsp3) is 0.833. The highest BCUT2D eigenvalue weighted by atomic mass is 16.5. The second kappa shape index (κ2) is 2.16. The minimum atomic E-state index is 0.491. The van der Waals surface area contributed by atoms with Crippen LogP contribution in [-0.2, 0) is 4.74 Å². The third kappa shape index (κ3) is 0.997. The third-order valence-corrected chi connectivity index (χ3v) is 1.38. The first-order valence-electron chi connectivity index (χ1n) is 2.93. The summed E-state index contributed by atoms with van der Waals surface area (Å²) in [5.41, 5.74) is 0. The van der Waals surface area contributed by atoms with Crippen molar-refractivity contribution < 1.29 is 4.74 Å². The molecule has 2 nitrogen and oxygen atoms in total. The quantitative estimate of drug-likeness (QED) is 0.462. The van der Waals surface area contributed by atoms with Crippen LogP contribution in [-0.4, -0.2) is 19.0 Å². The summed E-state index contributed by atoms with van der Waals surface area (Å²) in [6.45, 7) is 2.10. The van der Waals surface area contributed by atoms with Crippen LogP contribution in [0.25, 0.3) is 0 Å². The molecular weight excluding hydrogens is 102 g/mol. The van der Waals surface area contributed by atoms with Gasteiger partial charge in [0.15, 0.2) is 5.90 Å². The Kier molecular flexibility index (Phi) is 1.51. The number of aliphatic imine (C=N–C) groups is 1. The summed E-state index contributed by atoms with van der Waals surface area (Å²) in [5.74, 6) is 0.914. The van der Waals surface area contributed by atoms with Crippen LogP contribution in [0.3, 0.4) is 0 Å². The van der Waals surface area contributed by atoms with E-state index in [-0.39, 0.29) is 0 Å². The van der Waals surface area contributed by atoms with E-state index in [1.165, 1.54) is 0 Å². The molecule has 46 valence electrons. The van der Waals surface area contributed by atoms with E-state index in [1.807, 2.05) is 0 Å². The molecule has 0 aromatic carbocycles. The average molecular weight is 113 g/mol. The van der Waals surface area contributed by atoms with Crippen LogP contribution < -0.4 is 0 Å². The van der Waals surface area contributed by atoms with Crippen molar-refractivity contribution >= 4 is 5.90 Å². The van der Waals surface area contributed by atoms with Crippen molar-refractivity contribution in [2.75, 3.05) is 7.11 Å². The van der Waals surface area contributed by atoms with Gasteiger partial charge in [-0.05, 0) is 13.3 Å². The first kappa shape index (κ1) is 5.60. The van der Waals surface area contributed by atoms with Crippen molar-refractivity contribution in [1.29, 1.82) is 0 Å². The number of hydrogen-bond donors (Lipinski definition) is 0. The molecular formula is C6H11NO. The summed E-state index contributed by atoms with van der Waals surface area (Å²) in [6, 6.07) is 0.491. The van der Waals surface area contributed by atoms with Gasteiger partial charge in [0.2, 0.25) is 0 Å². The first-order valence-corrected chi connectivity index (χ1v) is 2.93. The molecule has 1 rings (SSSR count). The van der Waals surface area contributed by atoms with Crippen molar-refractivity contribution in [3.8, 4) is 0 Å². The van der Waals surface area contributed by atoms with Crippen molar-refractivity contribution in [3.63, 3.8) is 0 Å². The van der Waals surface area contributed by atoms with E-state index in [1.54, 1.807) is 7.11 Å². The normalized spacial score (nSPS) is 27.8. The van der Waals surface area contributed by atoms with Crippen LogP contribution in [0.5, 0.6) is 0 Å². The Hall–Kier alpha value is -0.530. The van der Waals surface area contributed by atoms with Gasteiger partial charge in [0.1, 0.15) is 0 Å². The van der Waals surface area contributed by atoms with Gasteiger partial charge in [-0.25, -0.2) is 0 Å². The summed E-state index contributed by atoms with van der Waals surface area (Å²) >= 11 is 0. The second-order valence-electron chi connectivity index (χ2n) is 2.11. The molecule has 0 saturated heterocycles. The molecule has 0 radical (unpaired) electrons.